The maximum absolute atomic E-state index is 11.1. The summed E-state index contributed by atoms with van der Waals surface area (Å²) < 4.78 is 5.70. The first-order valence-electron chi connectivity index (χ1n) is 3.80. The highest BCUT2D eigenvalue weighted by molar-refractivity contribution is 4.97. The number of rotatable bonds is 2. The molecule has 4 nitrogen and oxygen atoms in total. The van der Waals surface area contributed by atoms with Gasteiger partial charge in [0.05, 0.1) is 0 Å². The van der Waals surface area contributed by atoms with Crippen molar-refractivity contribution in [2.24, 2.45) is 0 Å². The molecule has 0 spiro atoms. The van der Waals surface area contributed by atoms with E-state index in [-0.39, 0.29) is 0 Å². The summed E-state index contributed by atoms with van der Waals surface area (Å²) in [5.41, 5.74) is -0.0593. The van der Waals surface area contributed by atoms with Crippen LogP contribution in [0, 0.1) is 19.3 Å². The van der Waals surface area contributed by atoms with Crippen LogP contribution in [0.25, 0.3) is 0 Å². The lowest BCUT2D eigenvalue weighted by atomic mass is 10.4. The summed E-state index contributed by atoms with van der Waals surface area (Å²) in [6.45, 7) is 2.04. The second-order valence-electron chi connectivity index (χ2n) is 2.58. The van der Waals surface area contributed by atoms with Gasteiger partial charge in [-0.2, -0.15) is 0 Å². The molecule has 0 unspecified atom stereocenters. The van der Waals surface area contributed by atoms with Crippen LogP contribution in [0.4, 0.5) is 0 Å². The van der Waals surface area contributed by atoms with Crippen LogP contribution in [0.3, 0.4) is 0 Å². The lowest BCUT2D eigenvalue weighted by Crippen LogP contribution is -2.25. The second-order valence-corrected chi connectivity index (χ2v) is 2.58. The van der Waals surface area contributed by atoms with Crippen LogP contribution in [0.1, 0.15) is 12.1 Å². The Kier molecular flexibility index (Phi) is 2.70. The van der Waals surface area contributed by atoms with Crippen molar-refractivity contribution in [2.45, 2.75) is 19.9 Å². The van der Waals surface area contributed by atoms with Gasteiger partial charge in [0.1, 0.15) is 0 Å². The Morgan fingerprint density at radius 1 is 1.62 bits per heavy atom. The average molecular weight is 179 g/mol. The molecule has 1 rings (SSSR count). The number of terminal acetylenes is 1. The van der Waals surface area contributed by atoms with Crippen LogP contribution in [0.15, 0.2) is 20.1 Å². The van der Waals surface area contributed by atoms with Crippen LogP contribution in [0.2, 0.25) is 0 Å². The van der Waals surface area contributed by atoms with Crippen molar-refractivity contribution >= 4 is 0 Å². The fourth-order valence-corrected chi connectivity index (χ4v) is 1.01. The topological polar surface area (TPSA) is 52.2 Å². The lowest BCUT2D eigenvalue weighted by molar-refractivity contribution is 0.397. The van der Waals surface area contributed by atoms with Gasteiger partial charge in [0.25, 0.3) is 0 Å². The molecule has 0 aromatic carbocycles. The third-order valence-electron chi connectivity index (χ3n) is 1.64. The van der Waals surface area contributed by atoms with Gasteiger partial charge >= 0.3 is 11.4 Å². The first-order chi connectivity index (χ1) is 6.15. The Labute approximate surface area is 74.8 Å². The highest BCUT2D eigenvalue weighted by Gasteiger charge is 2.01. The molecular weight excluding hydrogens is 170 g/mol. The van der Waals surface area contributed by atoms with E-state index in [4.69, 9.17) is 6.42 Å². The monoisotopic (exact) mass is 179 g/mol. The molecule has 0 atom stereocenters. The molecular formula is C9H9NO3. The minimum absolute atomic E-state index is 0.380. The van der Waals surface area contributed by atoms with Crippen molar-refractivity contribution < 1.29 is 4.42 Å². The maximum atomic E-state index is 11.1. The fraction of sp³-hybridized carbons (Fsp3) is 0.333. The number of hydrogen-bond donors (Lipinski definition) is 0. The van der Waals surface area contributed by atoms with E-state index in [0.29, 0.717) is 18.7 Å². The van der Waals surface area contributed by atoms with Gasteiger partial charge in [-0.15, -0.1) is 12.3 Å². The van der Waals surface area contributed by atoms with Crippen molar-refractivity contribution in [3.05, 3.63) is 32.7 Å². The Morgan fingerprint density at radius 2 is 2.31 bits per heavy atom. The Bertz CT molecular complexity index is 447. The first kappa shape index (κ1) is 9.33. The zero-order chi connectivity index (χ0) is 9.84. The van der Waals surface area contributed by atoms with E-state index < -0.39 is 11.4 Å². The minimum atomic E-state index is -0.653. The molecule has 0 saturated heterocycles. The number of nitrogens with zero attached hydrogens (tertiary/aromatic N) is 1. The summed E-state index contributed by atoms with van der Waals surface area (Å²) in [4.78, 5) is 21.8. The van der Waals surface area contributed by atoms with Crippen molar-refractivity contribution in [1.29, 1.82) is 0 Å². The molecule has 4 heteroatoms. The summed E-state index contributed by atoms with van der Waals surface area (Å²) >= 11 is 0. The van der Waals surface area contributed by atoms with Crippen molar-refractivity contribution in [3.8, 4) is 12.3 Å². The van der Waals surface area contributed by atoms with Gasteiger partial charge in [0.2, 0.25) is 0 Å². The Morgan fingerprint density at radius 3 is 2.85 bits per heavy atom. The van der Waals surface area contributed by atoms with Crippen LogP contribution in [0.5, 0.6) is 0 Å². The zero-order valence-electron chi connectivity index (χ0n) is 7.24. The van der Waals surface area contributed by atoms with Gasteiger partial charge < -0.3 is 4.42 Å². The van der Waals surface area contributed by atoms with Crippen LogP contribution >= 0.6 is 0 Å². The van der Waals surface area contributed by atoms with Crippen LogP contribution < -0.4 is 11.4 Å². The van der Waals surface area contributed by atoms with Crippen LogP contribution in [-0.2, 0) is 6.54 Å². The molecule has 0 saturated carbocycles. The summed E-state index contributed by atoms with van der Waals surface area (Å²) in [5.74, 6) is 1.75. The standard InChI is InChI=1S/C9H9NO3/c1-3-4-5-10-7(2)6-8(11)13-9(10)12/h1,6H,4-5H2,2H3. The molecule has 0 amide bonds. The third-order valence-corrected chi connectivity index (χ3v) is 1.64. The van der Waals surface area contributed by atoms with Crippen molar-refractivity contribution in [1.82, 2.24) is 4.57 Å². The number of aryl methyl sites for hydroxylation is 1. The summed E-state index contributed by atoms with van der Waals surface area (Å²) in [5, 5.41) is 0. The van der Waals surface area contributed by atoms with E-state index >= 15 is 0 Å². The van der Waals surface area contributed by atoms with E-state index in [1.807, 2.05) is 0 Å². The van der Waals surface area contributed by atoms with E-state index in [9.17, 15) is 9.59 Å². The van der Waals surface area contributed by atoms with E-state index in [1.165, 1.54) is 10.6 Å². The number of aromatic nitrogens is 1. The molecule has 0 aliphatic heterocycles. The molecule has 0 aliphatic rings. The summed E-state index contributed by atoms with van der Waals surface area (Å²) in [6.07, 6.45) is 5.49. The van der Waals surface area contributed by atoms with Crippen molar-refractivity contribution in [2.75, 3.05) is 0 Å². The largest absolute Gasteiger partial charge is 0.422 e. The molecule has 1 heterocycles. The second kappa shape index (κ2) is 3.76. The number of hydrogen-bond acceptors (Lipinski definition) is 3. The highest BCUT2D eigenvalue weighted by atomic mass is 16.4. The SMILES string of the molecule is C#CCCn1c(C)cc(=O)oc1=O. The Balaban J connectivity index is 3.16. The van der Waals surface area contributed by atoms with Crippen LogP contribution in [-0.4, -0.2) is 4.57 Å². The Hall–Kier alpha value is -1.76. The molecule has 1 aromatic heterocycles. The fourth-order valence-electron chi connectivity index (χ4n) is 1.01. The molecule has 0 N–H and O–H groups in total. The summed E-state index contributed by atoms with van der Waals surface area (Å²) in [6, 6.07) is 1.26. The molecule has 13 heavy (non-hydrogen) atoms. The van der Waals surface area contributed by atoms with Gasteiger partial charge in [0, 0.05) is 24.7 Å². The van der Waals surface area contributed by atoms with Gasteiger partial charge in [-0.05, 0) is 6.92 Å². The molecule has 68 valence electrons. The van der Waals surface area contributed by atoms with Gasteiger partial charge in [0.15, 0.2) is 0 Å². The summed E-state index contributed by atoms with van der Waals surface area (Å²) in [7, 11) is 0. The molecule has 0 aliphatic carbocycles. The minimum Gasteiger partial charge on any atom is -0.373 e. The highest BCUT2D eigenvalue weighted by Crippen LogP contribution is 1.91. The average Bonchev–Trinajstić information content (AvgIpc) is 2.02. The molecule has 0 bridgehead atoms. The smallest absolute Gasteiger partial charge is 0.373 e. The van der Waals surface area contributed by atoms with Gasteiger partial charge in [-0.1, -0.05) is 0 Å². The third kappa shape index (κ3) is 2.09. The van der Waals surface area contributed by atoms with E-state index in [1.54, 1.807) is 6.92 Å². The van der Waals surface area contributed by atoms with Gasteiger partial charge in [-0.3, -0.25) is 4.57 Å². The quantitative estimate of drug-likeness (QED) is 0.606. The van der Waals surface area contributed by atoms with E-state index in [0.717, 1.165) is 0 Å². The van der Waals surface area contributed by atoms with Crippen molar-refractivity contribution in [3.63, 3.8) is 0 Å². The predicted octanol–water partition coefficient (Wildman–Crippen LogP) is 0.133. The zero-order valence-corrected chi connectivity index (χ0v) is 7.24. The predicted molar refractivity (Wildman–Crippen MR) is 47.4 cm³/mol. The maximum Gasteiger partial charge on any atom is 0.422 e. The van der Waals surface area contributed by atoms with Gasteiger partial charge in [-0.25, -0.2) is 9.59 Å². The molecule has 0 radical (unpaired) electrons. The molecule has 1 aromatic rings. The normalized spacial score (nSPS) is 9.54. The molecule has 0 fully saturated rings. The van der Waals surface area contributed by atoms with E-state index in [2.05, 4.69) is 10.3 Å². The first-order valence-corrected chi connectivity index (χ1v) is 3.80. The lowest BCUT2D eigenvalue weighted by Gasteiger charge is -2.03.